The molecule has 2 aliphatic carbocycles. The molecule has 2 aliphatic rings. The van der Waals surface area contributed by atoms with Crippen molar-refractivity contribution in [3.8, 4) is 22.3 Å². The van der Waals surface area contributed by atoms with Crippen LogP contribution < -0.4 is 0 Å². The lowest BCUT2D eigenvalue weighted by atomic mass is 9.69. The van der Waals surface area contributed by atoms with Gasteiger partial charge in [0, 0.05) is 0 Å². The standard InChI is InChI=1S/C31H28/c1-19(2)21-13-15-25-23-9-5-7-11-27(23)31(29(25)17-21)28-12-8-6-10-24(28)26-16-14-22(20(3)4)18-30(26)31/h5-20H,1-4H3. The molecule has 152 valence electrons. The van der Waals surface area contributed by atoms with Crippen LogP contribution in [-0.2, 0) is 5.41 Å². The fourth-order valence-corrected chi connectivity index (χ4v) is 5.89. The minimum Gasteiger partial charge on any atom is -0.0619 e. The van der Waals surface area contributed by atoms with E-state index in [4.69, 9.17) is 0 Å². The van der Waals surface area contributed by atoms with Gasteiger partial charge in [-0.05, 0) is 67.5 Å². The molecule has 0 heteroatoms. The molecule has 0 bridgehead atoms. The van der Waals surface area contributed by atoms with Crippen molar-refractivity contribution in [2.75, 3.05) is 0 Å². The van der Waals surface area contributed by atoms with Gasteiger partial charge in [0.15, 0.2) is 0 Å². The summed E-state index contributed by atoms with van der Waals surface area (Å²) in [6.45, 7) is 9.18. The molecule has 0 aromatic heterocycles. The van der Waals surface area contributed by atoms with Gasteiger partial charge < -0.3 is 0 Å². The molecule has 0 saturated heterocycles. The van der Waals surface area contributed by atoms with Crippen LogP contribution in [0.2, 0.25) is 0 Å². The van der Waals surface area contributed by atoms with E-state index in [-0.39, 0.29) is 5.41 Å². The number of rotatable bonds is 2. The lowest BCUT2D eigenvalue weighted by molar-refractivity contribution is 0.776. The number of fused-ring (bicyclic) bond motifs is 10. The van der Waals surface area contributed by atoms with E-state index in [1.807, 2.05) is 0 Å². The summed E-state index contributed by atoms with van der Waals surface area (Å²) < 4.78 is 0. The summed E-state index contributed by atoms with van der Waals surface area (Å²) in [5, 5.41) is 0. The van der Waals surface area contributed by atoms with Crippen LogP contribution in [0.25, 0.3) is 22.3 Å². The highest BCUT2D eigenvalue weighted by Gasteiger charge is 2.51. The molecule has 0 fully saturated rings. The van der Waals surface area contributed by atoms with Gasteiger partial charge in [-0.1, -0.05) is 113 Å². The van der Waals surface area contributed by atoms with Gasteiger partial charge >= 0.3 is 0 Å². The summed E-state index contributed by atoms with van der Waals surface area (Å²) in [6, 6.07) is 32.5. The van der Waals surface area contributed by atoms with E-state index in [1.54, 1.807) is 0 Å². The van der Waals surface area contributed by atoms with Crippen LogP contribution in [0.3, 0.4) is 0 Å². The zero-order chi connectivity index (χ0) is 21.3. The molecule has 0 atom stereocenters. The van der Waals surface area contributed by atoms with Gasteiger partial charge in [0.1, 0.15) is 0 Å². The van der Waals surface area contributed by atoms with Crippen LogP contribution >= 0.6 is 0 Å². The topological polar surface area (TPSA) is 0 Å². The molecule has 0 radical (unpaired) electrons. The zero-order valence-electron chi connectivity index (χ0n) is 18.7. The molecule has 0 aliphatic heterocycles. The summed E-state index contributed by atoms with van der Waals surface area (Å²) >= 11 is 0. The van der Waals surface area contributed by atoms with Crippen molar-refractivity contribution in [2.45, 2.75) is 44.9 Å². The van der Waals surface area contributed by atoms with Gasteiger partial charge in [-0.3, -0.25) is 0 Å². The average molecular weight is 401 g/mol. The van der Waals surface area contributed by atoms with Gasteiger partial charge in [0.05, 0.1) is 5.41 Å². The van der Waals surface area contributed by atoms with Crippen molar-refractivity contribution in [3.63, 3.8) is 0 Å². The molecule has 0 nitrogen and oxygen atoms in total. The maximum Gasteiger partial charge on any atom is 0.0725 e. The number of hydrogen-bond acceptors (Lipinski definition) is 0. The third kappa shape index (κ3) is 2.31. The maximum absolute atomic E-state index is 2.49. The van der Waals surface area contributed by atoms with E-state index < -0.39 is 0 Å². The highest BCUT2D eigenvalue weighted by atomic mass is 14.5. The molecule has 0 unspecified atom stereocenters. The summed E-state index contributed by atoms with van der Waals surface area (Å²) in [5.74, 6) is 1.01. The van der Waals surface area contributed by atoms with Crippen LogP contribution in [0.4, 0.5) is 0 Å². The SMILES string of the molecule is CC(C)c1ccc2c(c1)C1(c3ccccc3-2)c2ccccc2-c2ccc(C(C)C)cc21. The molecular formula is C31H28. The monoisotopic (exact) mass is 400 g/mol. The third-order valence-corrected chi connectivity index (χ3v) is 7.47. The second-order valence-corrected chi connectivity index (χ2v) is 9.76. The predicted molar refractivity (Wildman–Crippen MR) is 131 cm³/mol. The van der Waals surface area contributed by atoms with E-state index in [2.05, 4.69) is 113 Å². The highest BCUT2D eigenvalue weighted by molar-refractivity contribution is 5.95. The van der Waals surface area contributed by atoms with Crippen LogP contribution in [-0.4, -0.2) is 0 Å². The van der Waals surface area contributed by atoms with Crippen LogP contribution in [0, 0.1) is 0 Å². The quantitative estimate of drug-likeness (QED) is 0.274. The summed E-state index contributed by atoms with van der Waals surface area (Å²) in [5.41, 5.74) is 13.9. The van der Waals surface area contributed by atoms with E-state index in [0.29, 0.717) is 11.8 Å². The first-order chi connectivity index (χ1) is 15.0. The fourth-order valence-electron chi connectivity index (χ4n) is 5.89. The maximum atomic E-state index is 2.49. The summed E-state index contributed by atoms with van der Waals surface area (Å²) in [7, 11) is 0. The molecule has 0 N–H and O–H groups in total. The first-order valence-corrected chi connectivity index (χ1v) is 11.5. The molecule has 0 heterocycles. The Hall–Kier alpha value is -3.12. The van der Waals surface area contributed by atoms with Gasteiger partial charge in [-0.2, -0.15) is 0 Å². The lowest BCUT2D eigenvalue weighted by Gasteiger charge is -2.31. The minimum atomic E-state index is -0.229. The Labute approximate surface area is 185 Å². The predicted octanol–water partition coefficient (Wildman–Crippen LogP) is 8.28. The van der Waals surface area contributed by atoms with Crippen molar-refractivity contribution < 1.29 is 0 Å². The summed E-state index contributed by atoms with van der Waals surface area (Å²) in [4.78, 5) is 0. The second-order valence-electron chi connectivity index (χ2n) is 9.76. The van der Waals surface area contributed by atoms with Gasteiger partial charge in [-0.25, -0.2) is 0 Å². The fraction of sp³-hybridized carbons (Fsp3) is 0.226. The number of benzene rings is 4. The Kier molecular flexibility index (Phi) is 3.87. The van der Waals surface area contributed by atoms with Gasteiger partial charge in [0.2, 0.25) is 0 Å². The molecule has 0 amide bonds. The van der Waals surface area contributed by atoms with E-state index in [0.717, 1.165) is 0 Å². The van der Waals surface area contributed by atoms with Crippen molar-refractivity contribution in [1.82, 2.24) is 0 Å². The average Bonchev–Trinajstić information content (AvgIpc) is 3.25. The van der Waals surface area contributed by atoms with Crippen LogP contribution in [0.5, 0.6) is 0 Å². The molecule has 4 aromatic rings. The van der Waals surface area contributed by atoms with Crippen molar-refractivity contribution in [2.24, 2.45) is 0 Å². The lowest BCUT2D eigenvalue weighted by Crippen LogP contribution is -2.26. The van der Waals surface area contributed by atoms with Gasteiger partial charge in [0.25, 0.3) is 0 Å². The van der Waals surface area contributed by atoms with Gasteiger partial charge in [-0.15, -0.1) is 0 Å². The minimum absolute atomic E-state index is 0.229. The van der Waals surface area contributed by atoms with Crippen molar-refractivity contribution >= 4 is 0 Å². The molecule has 6 rings (SSSR count). The zero-order valence-corrected chi connectivity index (χ0v) is 18.7. The Bertz CT molecular complexity index is 1230. The normalized spacial score (nSPS) is 14.6. The van der Waals surface area contributed by atoms with Crippen LogP contribution in [0.1, 0.15) is 72.9 Å². The van der Waals surface area contributed by atoms with Crippen molar-refractivity contribution in [3.05, 3.63) is 118 Å². The second kappa shape index (κ2) is 6.44. The van der Waals surface area contributed by atoms with Crippen LogP contribution in [0.15, 0.2) is 84.9 Å². The smallest absolute Gasteiger partial charge is 0.0619 e. The summed E-state index contributed by atoms with van der Waals surface area (Å²) in [6.07, 6.45) is 0. The number of hydrogen-bond donors (Lipinski definition) is 0. The Morgan fingerprint density at radius 1 is 0.452 bits per heavy atom. The third-order valence-electron chi connectivity index (χ3n) is 7.47. The first-order valence-electron chi connectivity index (χ1n) is 11.5. The molecule has 4 aromatic carbocycles. The Balaban J connectivity index is 1.81. The van der Waals surface area contributed by atoms with E-state index in [1.165, 1.54) is 55.6 Å². The molecule has 31 heavy (non-hydrogen) atoms. The molecular weight excluding hydrogens is 372 g/mol. The van der Waals surface area contributed by atoms with Crippen molar-refractivity contribution in [1.29, 1.82) is 0 Å². The van der Waals surface area contributed by atoms with E-state index in [9.17, 15) is 0 Å². The highest BCUT2D eigenvalue weighted by Crippen LogP contribution is 2.63. The molecule has 1 spiro atoms. The van der Waals surface area contributed by atoms with E-state index >= 15 is 0 Å². The Morgan fingerprint density at radius 2 is 0.839 bits per heavy atom. The largest absolute Gasteiger partial charge is 0.0725 e. The first kappa shape index (κ1) is 18.6. The molecule has 0 saturated carbocycles. The Morgan fingerprint density at radius 3 is 1.26 bits per heavy atom.